The van der Waals surface area contributed by atoms with E-state index in [4.69, 9.17) is 10.9 Å². The predicted octanol–water partition coefficient (Wildman–Crippen LogP) is 1.46. The molecule has 0 spiro atoms. The van der Waals surface area contributed by atoms with Crippen LogP contribution < -0.4 is 10.9 Å². The second-order valence-electron chi connectivity index (χ2n) is 3.94. The minimum Gasteiger partial charge on any atom is -0.326 e. The van der Waals surface area contributed by atoms with Gasteiger partial charge in [-0.1, -0.05) is 36.4 Å². The van der Waals surface area contributed by atoms with Crippen LogP contribution in [-0.2, 0) is 16.6 Å². The number of hydrogen-bond acceptors (Lipinski definition) is 3. The first-order valence-corrected chi connectivity index (χ1v) is 6.98. The number of nitrogens with two attached hydrogens (primary N) is 2. The summed E-state index contributed by atoms with van der Waals surface area (Å²) in [6, 6.07) is 14.7. The second kappa shape index (κ2) is 4.89. The average molecular weight is 262 g/mol. The Balaban J connectivity index is 2.56. The molecule has 0 heterocycles. The molecule has 5 heteroatoms. The Morgan fingerprint density at radius 2 is 1.61 bits per heavy atom. The van der Waals surface area contributed by atoms with Gasteiger partial charge in [0.25, 0.3) is 0 Å². The highest BCUT2D eigenvalue weighted by Gasteiger charge is 2.13. The van der Waals surface area contributed by atoms with Crippen LogP contribution >= 0.6 is 0 Å². The van der Waals surface area contributed by atoms with Crippen LogP contribution in [0.4, 0.5) is 0 Å². The van der Waals surface area contributed by atoms with E-state index in [1.165, 1.54) is 6.07 Å². The molecule has 2 rings (SSSR count). The van der Waals surface area contributed by atoms with Crippen molar-refractivity contribution in [1.29, 1.82) is 0 Å². The van der Waals surface area contributed by atoms with Crippen molar-refractivity contribution in [3.05, 3.63) is 54.1 Å². The van der Waals surface area contributed by atoms with Gasteiger partial charge in [0.2, 0.25) is 10.0 Å². The lowest BCUT2D eigenvalue weighted by Gasteiger charge is -2.08. The molecular weight excluding hydrogens is 248 g/mol. The van der Waals surface area contributed by atoms with E-state index in [9.17, 15) is 8.42 Å². The van der Waals surface area contributed by atoms with Crippen molar-refractivity contribution in [2.45, 2.75) is 11.4 Å². The van der Waals surface area contributed by atoms with Gasteiger partial charge in [0, 0.05) is 6.54 Å². The van der Waals surface area contributed by atoms with Crippen LogP contribution in [-0.4, -0.2) is 8.42 Å². The van der Waals surface area contributed by atoms with Gasteiger partial charge in [0.15, 0.2) is 0 Å². The van der Waals surface area contributed by atoms with Crippen LogP contribution in [0, 0.1) is 0 Å². The molecular formula is C13H14N2O2S. The monoisotopic (exact) mass is 262 g/mol. The second-order valence-corrected chi connectivity index (χ2v) is 5.47. The number of benzene rings is 2. The summed E-state index contributed by atoms with van der Waals surface area (Å²) in [5, 5.41) is 5.14. The fraction of sp³-hybridized carbons (Fsp3) is 0.0769. The maximum atomic E-state index is 11.4. The Kier molecular flexibility index (Phi) is 3.47. The largest absolute Gasteiger partial charge is 0.326 e. The minimum absolute atomic E-state index is 0.0877. The third kappa shape index (κ3) is 2.59. The summed E-state index contributed by atoms with van der Waals surface area (Å²) < 4.78 is 22.8. The number of primary sulfonamides is 1. The molecule has 4 nitrogen and oxygen atoms in total. The molecule has 2 aromatic rings. The van der Waals surface area contributed by atoms with E-state index in [0.29, 0.717) is 5.56 Å². The highest BCUT2D eigenvalue weighted by Crippen LogP contribution is 2.24. The van der Waals surface area contributed by atoms with Gasteiger partial charge in [-0.25, -0.2) is 13.6 Å². The molecule has 0 aromatic heterocycles. The quantitative estimate of drug-likeness (QED) is 0.878. The van der Waals surface area contributed by atoms with Crippen LogP contribution in [0.2, 0.25) is 0 Å². The molecule has 0 aliphatic rings. The SMILES string of the molecule is NCc1cc(-c2ccccc2)ccc1S(N)(=O)=O. The molecule has 0 bridgehead atoms. The average Bonchev–Trinajstić information content (AvgIpc) is 2.38. The predicted molar refractivity (Wildman–Crippen MR) is 71.1 cm³/mol. The molecule has 0 fully saturated rings. The molecule has 4 N–H and O–H groups in total. The van der Waals surface area contributed by atoms with E-state index in [0.717, 1.165) is 11.1 Å². The van der Waals surface area contributed by atoms with Crippen molar-refractivity contribution in [2.75, 3.05) is 0 Å². The van der Waals surface area contributed by atoms with Crippen molar-refractivity contribution < 1.29 is 8.42 Å². The van der Waals surface area contributed by atoms with E-state index >= 15 is 0 Å². The summed E-state index contributed by atoms with van der Waals surface area (Å²) >= 11 is 0. The van der Waals surface area contributed by atoms with Crippen molar-refractivity contribution >= 4 is 10.0 Å². The van der Waals surface area contributed by atoms with Crippen LogP contribution in [0.5, 0.6) is 0 Å². The normalized spacial score (nSPS) is 11.4. The molecule has 2 aromatic carbocycles. The van der Waals surface area contributed by atoms with Gasteiger partial charge < -0.3 is 5.73 Å². The Labute approximate surface area is 106 Å². The lowest BCUT2D eigenvalue weighted by Crippen LogP contribution is -2.16. The Morgan fingerprint density at radius 1 is 0.944 bits per heavy atom. The molecule has 0 unspecified atom stereocenters. The summed E-state index contributed by atoms with van der Waals surface area (Å²) in [4.78, 5) is 0.0877. The summed E-state index contributed by atoms with van der Waals surface area (Å²) in [6.07, 6.45) is 0. The molecule has 18 heavy (non-hydrogen) atoms. The van der Waals surface area contributed by atoms with E-state index in [2.05, 4.69) is 0 Å². The van der Waals surface area contributed by atoms with E-state index in [1.807, 2.05) is 30.3 Å². The van der Waals surface area contributed by atoms with Crippen molar-refractivity contribution in [1.82, 2.24) is 0 Å². The molecule has 0 radical (unpaired) electrons. The summed E-state index contributed by atoms with van der Waals surface area (Å²) in [5.74, 6) is 0. The molecule has 0 aliphatic carbocycles. The lowest BCUT2D eigenvalue weighted by molar-refractivity contribution is 0.596. The highest BCUT2D eigenvalue weighted by molar-refractivity contribution is 7.89. The van der Waals surface area contributed by atoms with Gasteiger partial charge in [0.05, 0.1) is 4.90 Å². The van der Waals surface area contributed by atoms with Gasteiger partial charge in [0.1, 0.15) is 0 Å². The highest BCUT2D eigenvalue weighted by atomic mass is 32.2. The zero-order valence-corrected chi connectivity index (χ0v) is 10.5. The zero-order chi connectivity index (χ0) is 13.2. The van der Waals surface area contributed by atoms with E-state index in [1.54, 1.807) is 12.1 Å². The number of rotatable bonds is 3. The molecule has 0 aliphatic heterocycles. The van der Waals surface area contributed by atoms with Crippen LogP contribution in [0.25, 0.3) is 11.1 Å². The van der Waals surface area contributed by atoms with Gasteiger partial charge in [-0.15, -0.1) is 0 Å². The van der Waals surface area contributed by atoms with Gasteiger partial charge in [-0.3, -0.25) is 0 Å². The topological polar surface area (TPSA) is 86.2 Å². The minimum atomic E-state index is -3.72. The Hall–Kier alpha value is -1.69. The van der Waals surface area contributed by atoms with Crippen molar-refractivity contribution in [3.63, 3.8) is 0 Å². The smallest absolute Gasteiger partial charge is 0.238 e. The molecule has 0 amide bonds. The van der Waals surface area contributed by atoms with Crippen LogP contribution in [0.3, 0.4) is 0 Å². The maximum Gasteiger partial charge on any atom is 0.238 e. The molecule has 0 saturated carbocycles. The van der Waals surface area contributed by atoms with Crippen LogP contribution in [0.15, 0.2) is 53.4 Å². The lowest BCUT2D eigenvalue weighted by atomic mass is 10.0. The summed E-state index contributed by atoms with van der Waals surface area (Å²) in [6.45, 7) is 0.131. The third-order valence-electron chi connectivity index (χ3n) is 2.69. The summed E-state index contributed by atoms with van der Waals surface area (Å²) in [7, 11) is -3.72. The van der Waals surface area contributed by atoms with E-state index in [-0.39, 0.29) is 11.4 Å². The van der Waals surface area contributed by atoms with Gasteiger partial charge in [-0.2, -0.15) is 0 Å². The van der Waals surface area contributed by atoms with Crippen LogP contribution in [0.1, 0.15) is 5.56 Å². The molecule has 0 atom stereocenters. The fourth-order valence-corrected chi connectivity index (χ4v) is 2.59. The fourth-order valence-electron chi connectivity index (χ4n) is 1.83. The van der Waals surface area contributed by atoms with Crippen molar-refractivity contribution in [3.8, 4) is 11.1 Å². The Morgan fingerprint density at radius 3 is 2.17 bits per heavy atom. The zero-order valence-electron chi connectivity index (χ0n) is 9.71. The van der Waals surface area contributed by atoms with Crippen molar-refractivity contribution in [2.24, 2.45) is 10.9 Å². The summed E-state index contributed by atoms with van der Waals surface area (Å²) in [5.41, 5.74) is 8.03. The first-order valence-electron chi connectivity index (χ1n) is 5.43. The van der Waals surface area contributed by atoms with E-state index < -0.39 is 10.0 Å². The maximum absolute atomic E-state index is 11.4. The first kappa shape index (κ1) is 12.8. The number of hydrogen-bond donors (Lipinski definition) is 2. The first-order chi connectivity index (χ1) is 8.52. The molecule has 0 saturated heterocycles. The number of sulfonamides is 1. The van der Waals surface area contributed by atoms with Gasteiger partial charge >= 0.3 is 0 Å². The standard InChI is InChI=1S/C13H14N2O2S/c14-9-12-8-11(10-4-2-1-3-5-10)6-7-13(12)18(15,16)17/h1-8H,9,14H2,(H2,15,16,17). The third-order valence-corrected chi connectivity index (χ3v) is 3.71. The van der Waals surface area contributed by atoms with Gasteiger partial charge in [-0.05, 0) is 28.8 Å². The molecule has 94 valence electrons. The Bertz CT molecular complexity index is 652.